The molecule has 13 heteroatoms. The number of nitrogens with one attached hydrogen (secondary N) is 1. The molecule has 2 atom stereocenters. The maximum absolute atomic E-state index is 13.5. The third-order valence-electron chi connectivity index (χ3n) is 7.92. The van der Waals surface area contributed by atoms with Gasteiger partial charge in [0.2, 0.25) is 12.0 Å². The van der Waals surface area contributed by atoms with Crippen LogP contribution in [0.3, 0.4) is 0 Å². The zero-order valence-electron chi connectivity index (χ0n) is 26.7. The lowest BCUT2D eigenvalue weighted by Crippen LogP contribution is -2.49. The molecule has 0 aliphatic carbocycles. The summed E-state index contributed by atoms with van der Waals surface area (Å²) in [4.78, 5) is 26.4. The summed E-state index contributed by atoms with van der Waals surface area (Å²) in [6.07, 6.45) is 2.99. The molecule has 4 rings (SSSR count). The number of hydrogen-bond acceptors (Lipinski definition) is 9. The molecule has 0 saturated heterocycles. The van der Waals surface area contributed by atoms with Crippen molar-refractivity contribution in [2.45, 2.75) is 77.3 Å². The zero-order valence-corrected chi connectivity index (χ0v) is 28.4. The van der Waals surface area contributed by atoms with Crippen LogP contribution in [0.5, 0.6) is 5.88 Å². The summed E-state index contributed by atoms with van der Waals surface area (Å²) < 4.78 is 20.6. The first-order chi connectivity index (χ1) is 21.5. The number of carbonyl (C=O) groups excluding carboxylic acids is 1. The average Bonchev–Trinajstić information content (AvgIpc) is 3.43. The van der Waals surface area contributed by atoms with E-state index in [0.717, 1.165) is 0 Å². The molecule has 1 unspecified atom stereocenters. The van der Waals surface area contributed by atoms with Gasteiger partial charge in [-0.15, -0.1) is 0 Å². The normalized spacial score (nSPS) is 13.3. The monoisotopic (exact) mass is 649 g/mol. The Kier molecular flexibility index (Phi) is 11.3. The van der Waals surface area contributed by atoms with E-state index in [2.05, 4.69) is 73.0 Å². The highest BCUT2D eigenvalue weighted by molar-refractivity contribution is 6.77. The van der Waals surface area contributed by atoms with Gasteiger partial charge in [-0.2, -0.15) is 10.4 Å². The summed E-state index contributed by atoms with van der Waals surface area (Å²) in [5.74, 6) is 0.0305. The summed E-state index contributed by atoms with van der Waals surface area (Å²) in [7, 11) is -2.10. The van der Waals surface area contributed by atoms with Gasteiger partial charge in [-0.25, -0.2) is 19.6 Å². The predicted molar refractivity (Wildman–Crippen MR) is 176 cm³/mol. The number of carbonyl (C=O) groups is 1. The van der Waals surface area contributed by atoms with Crippen LogP contribution in [0.15, 0.2) is 55.1 Å². The Labute approximate surface area is 270 Å². The van der Waals surface area contributed by atoms with E-state index in [-0.39, 0.29) is 18.6 Å². The number of benzene rings is 1. The lowest BCUT2D eigenvalue weighted by molar-refractivity contribution is -0.127. The standard InChI is InChI=1S/C32H40ClN7O4Si/c1-20(2)45(21(3)4,22(5)6)43-17-23(7)42-18-27(31(41)39-28-13-8-9-14-35-28)44-32-25-16-38-40(30(25)36-19-37-32)29-24(15-34)11-10-12-26(29)33/h8-14,16,19-23,27H,17-18H2,1-7H3,(H,35,39,41)/t23?,27-/m0/s1. The molecule has 238 valence electrons. The molecule has 0 bridgehead atoms. The van der Waals surface area contributed by atoms with Crippen LogP contribution in [0.25, 0.3) is 16.7 Å². The number of aromatic nitrogens is 5. The molecule has 1 amide bonds. The van der Waals surface area contributed by atoms with E-state index in [9.17, 15) is 10.1 Å². The highest BCUT2D eigenvalue weighted by atomic mass is 35.5. The summed E-state index contributed by atoms with van der Waals surface area (Å²) >= 11 is 6.45. The molecule has 4 aromatic rings. The van der Waals surface area contributed by atoms with E-state index in [1.807, 2.05) is 6.92 Å². The van der Waals surface area contributed by atoms with Crippen molar-refractivity contribution >= 4 is 42.7 Å². The Hall–Kier alpha value is -3.89. The maximum atomic E-state index is 13.5. The molecule has 0 aliphatic rings. The van der Waals surface area contributed by atoms with Gasteiger partial charge in [0.25, 0.3) is 5.91 Å². The van der Waals surface area contributed by atoms with Crippen LogP contribution in [0.4, 0.5) is 5.82 Å². The van der Waals surface area contributed by atoms with Gasteiger partial charge in [0.1, 0.15) is 29.3 Å². The lowest BCUT2D eigenvalue weighted by atomic mass is 10.2. The number of nitriles is 1. The number of amides is 1. The number of anilines is 1. The van der Waals surface area contributed by atoms with Gasteiger partial charge in [-0.05, 0) is 47.8 Å². The van der Waals surface area contributed by atoms with Crippen molar-refractivity contribution in [2.75, 3.05) is 18.5 Å². The first-order valence-electron chi connectivity index (χ1n) is 15.0. The molecule has 3 aromatic heterocycles. The molecule has 0 spiro atoms. The average molecular weight is 650 g/mol. The van der Waals surface area contributed by atoms with Crippen molar-refractivity contribution in [2.24, 2.45) is 0 Å². The zero-order chi connectivity index (χ0) is 32.7. The van der Waals surface area contributed by atoms with E-state index < -0.39 is 20.3 Å². The van der Waals surface area contributed by atoms with E-state index in [0.29, 0.717) is 56.4 Å². The molecule has 0 aliphatic heterocycles. The quantitative estimate of drug-likeness (QED) is 0.148. The Morgan fingerprint density at radius 1 is 1.00 bits per heavy atom. The predicted octanol–water partition coefficient (Wildman–Crippen LogP) is 6.72. The van der Waals surface area contributed by atoms with Gasteiger partial charge in [0.15, 0.2) is 14.0 Å². The number of ether oxygens (including phenoxy) is 2. The molecule has 1 aromatic carbocycles. The number of pyridine rings is 1. The largest absolute Gasteiger partial charge is 0.461 e. The SMILES string of the molecule is CC(CO[Si](C(C)C)(C(C)C)C(C)C)OC[C@H](Oc1ncnc2c1cnn2-c1c(Cl)cccc1C#N)C(=O)Nc1ccccn1. The van der Waals surface area contributed by atoms with Crippen molar-refractivity contribution in [3.05, 3.63) is 65.7 Å². The number of halogens is 1. The van der Waals surface area contributed by atoms with Gasteiger partial charge >= 0.3 is 0 Å². The molecule has 0 fully saturated rings. The number of nitrogens with zero attached hydrogens (tertiary/aromatic N) is 6. The van der Waals surface area contributed by atoms with Gasteiger partial charge in [-0.3, -0.25) is 4.79 Å². The fraction of sp³-hybridized carbons (Fsp3) is 0.438. The first kappa shape index (κ1) is 34.0. The fourth-order valence-electron chi connectivity index (χ4n) is 5.90. The topological polar surface area (TPSA) is 137 Å². The maximum Gasteiger partial charge on any atom is 0.269 e. The minimum Gasteiger partial charge on any atom is -0.461 e. The fourth-order valence-corrected chi connectivity index (χ4v) is 11.7. The number of rotatable bonds is 14. The molecule has 11 nitrogen and oxygen atoms in total. The van der Waals surface area contributed by atoms with Gasteiger partial charge in [0, 0.05) is 6.20 Å². The minimum atomic E-state index is -2.10. The second-order valence-electron chi connectivity index (χ2n) is 11.8. The van der Waals surface area contributed by atoms with Crippen LogP contribution >= 0.6 is 11.6 Å². The van der Waals surface area contributed by atoms with E-state index in [1.54, 1.807) is 42.6 Å². The number of fused-ring (bicyclic) bond motifs is 1. The molecular formula is C32H40ClN7O4Si. The van der Waals surface area contributed by atoms with Gasteiger partial charge < -0.3 is 19.2 Å². The van der Waals surface area contributed by atoms with Gasteiger partial charge in [-0.1, -0.05) is 65.3 Å². The van der Waals surface area contributed by atoms with Crippen LogP contribution in [-0.4, -0.2) is 64.4 Å². The number of para-hydroxylation sites is 1. The summed E-state index contributed by atoms with van der Waals surface area (Å²) in [5.41, 5.74) is 2.36. The number of hydrogen-bond donors (Lipinski definition) is 1. The second-order valence-corrected chi connectivity index (χ2v) is 17.7. The summed E-state index contributed by atoms with van der Waals surface area (Å²) in [6.45, 7) is 15.7. The minimum absolute atomic E-state index is 0.0779. The van der Waals surface area contributed by atoms with Gasteiger partial charge in [0.05, 0.1) is 36.1 Å². The molecule has 45 heavy (non-hydrogen) atoms. The van der Waals surface area contributed by atoms with Crippen LogP contribution in [0.1, 0.15) is 54.0 Å². The molecule has 0 radical (unpaired) electrons. The summed E-state index contributed by atoms with van der Waals surface area (Å²) in [6, 6.07) is 12.3. The Morgan fingerprint density at radius 2 is 1.73 bits per heavy atom. The van der Waals surface area contributed by atoms with Crippen molar-refractivity contribution in [1.82, 2.24) is 24.7 Å². The highest BCUT2D eigenvalue weighted by Gasteiger charge is 2.45. The molecule has 0 saturated carbocycles. The first-order valence-corrected chi connectivity index (χ1v) is 17.5. The Bertz CT molecular complexity index is 1620. The van der Waals surface area contributed by atoms with Crippen molar-refractivity contribution in [3.63, 3.8) is 0 Å². The van der Waals surface area contributed by atoms with E-state index >= 15 is 0 Å². The van der Waals surface area contributed by atoms with E-state index in [1.165, 1.54) is 17.2 Å². The van der Waals surface area contributed by atoms with E-state index in [4.69, 9.17) is 25.5 Å². The van der Waals surface area contributed by atoms with Crippen molar-refractivity contribution < 1.29 is 18.7 Å². The third kappa shape index (κ3) is 7.50. The van der Waals surface area contributed by atoms with Crippen molar-refractivity contribution in [3.8, 4) is 17.6 Å². The third-order valence-corrected chi connectivity index (χ3v) is 14.3. The molecule has 3 heterocycles. The Balaban J connectivity index is 1.59. The van der Waals surface area contributed by atoms with Crippen LogP contribution < -0.4 is 10.1 Å². The Morgan fingerprint density at radius 3 is 2.38 bits per heavy atom. The summed E-state index contributed by atoms with van der Waals surface area (Å²) in [5, 5.41) is 17.6. The van der Waals surface area contributed by atoms with Crippen LogP contribution in [-0.2, 0) is 14.0 Å². The van der Waals surface area contributed by atoms with Crippen LogP contribution in [0, 0.1) is 11.3 Å². The highest BCUT2D eigenvalue weighted by Crippen LogP contribution is 2.42. The van der Waals surface area contributed by atoms with Crippen molar-refractivity contribution in [1.29, 1.82) is 5.26 Å². The second kappa shape index (κ2) is 14.9. The molecule has 1 N–H and O–H groups in total. The lowest BCUT2D eigenvalue weighted by Gasteiger charge is -2.42. The molecular weight excluding hydrogens is 610 g/mol. The van der Waals surface area contributed by atoms with Crippen LogP contribution in [0.2, 0.25) is 21.6 Å². The smallest absolute Gasteiger partial charge is 0.269 e.